The molecule has 1 amide bonds. The number of hydrogen-bond donors (Lipinski definition) is 2. The van der Waals surface area contributed by atoms with E-state index in [1.165, 1.54) is 18.2 Å². The average Bonchev–Trinajstić information content (AvgIpc) is 2.52. The number of nitrogens with one attached hydrogen (secondary N) is 1. The number of phenolic OH excluding ortho intramolecular Hbond substituents is 1. The Balaban J connectivity index is 2.28. The first-order valence-corrected chi connectivity index (χ1v) is 7.34. The van der Waals surface area contributed by atoms with Gasteiger partial charge in [-0.1, -0.05) is 35.3 Å². The number of halogens is 2. The van der Waals surface area contributed by atoms with E-state index in [4.69, 9.17) is 23.2 Å². The monoisotopic (exact) mass is 346 g/mol. The van der Waals surface area contributed by atoms with Crippen LogP contribution >= 0.6 is 23.2 Å². The fourth-order valence-electron chi connectivity index (χ4n) is 1.86. The van der Waals surface area contributed by atoms with Crippen LogP contribution in [0.2, 0.25) is 10.0 Å². The third-order valence-electron chi connectivity index (χ3n) is 3.16. The van der Waals surface area contributed by atoms with Gasteiger partial charge < -0.3 is 10.4 Å². The molecule has 116 valence electrons. The molecule has 0 atom stereocenters. The molecule has 0 fully saturated rings. The Hall–Kier alpha value is -2.48. The van der Waals surface area contributed by atoms with Gasteiger partial charge in [0.1, 0.15) is 17.4 Å². The van der Waals surface area contributed by atoms with Crippen molar-refractivity contribution in [2.75, 3.05) is 5.32 Å². The van der Waals surface area contributed by atoms with E-state index in [1.807, 2.05) is 6.07 Å². The van der Waals surface area contributed by atoms with Crippen molar-refractivity contribution in [3.05, 3.63) is 63.1 Å². The second-order valence-electron chi connectivity index (χ2n) is 4.75. The first-order chi connectivity index (χ1) is 10.9. The lowest BCUT2D eigenvalue weighted by Gasteiger charge is -2.09. The number of carbonyl (C=O) groups is 1. The summed E-state index contributed by atoms with van der Waals surface area (Å²) >= 11 is 11.8. The Morgan fingerprint density at radius 2 is 2.00 bits per heavy atom. The number of benzene rings is 2. The molecule has 0 aromatic heterocycles. The lowest BCUT2D eigenvalue weighted by molar-refractivity contribution is -0.112. The van der Waals surface area contributed by atoms with Gasteiger partial charge in [-0.15, -0.1) is 0 Å². The molecule has 0 aliphatic rings. The zero-order chi connectivity index (χ0) is 17.0. The highest BCUT2D eigenvalue weighted by Gasteiger charge is 2.12. The molecule has 0 radical (unpaired) electrons. The third-order valence-corrected chi connectivity index (χ3v) is 3.88. The predicted octanol–water partition coefficient (Wildman–Crippen LogP) is 4.55. The van der Waals surface area contributed by atoms with Crippen molar-refractivity contribution in [1.82, 2.24) is 0 Å². The van der Waals surface area contributed by atoms with Crippen molar-refractivity contribution in [2.45, 2.75) is 6.92 Å². The van der Waals surface area contributed by atoms with E-state index in [1.54, 1.807) is 31.2 Å². The molecule has 6 heteroatoms. The number of carbonyl (C=O) groups excluding carboxylic acids is 1. The summed E-state index contributed by atoms with van der Waals surface area (Å²) in [5.74, 6) is -0.622. The maximum atomic E-state index is 12.2. The number of nitriles is 1. The van der Waals surface area contributed by atoms with Crippen LogP contribution in [0, 0.1) is 18.3 Å². The zero-order valence-corrected chi connectivity index (χ0v) is 13.6. The van der Waals surface area contributed by atoms with E-state index in [2.05, 4.69) is 5.32 Å². The van der Waals surface area contributed by atoms with Crippen LogP contribution in [0.25, 0.3) is 6.08 Å². The van der Waals surface area contributed by atoms with E-state index in [9.17, 15) is 15.2 Å². The van der Waals surface area contributed by atoms with Gasteiger partial charge in [-0.25, -0.2) is 0 Å². The van der Waals surface area contributed by atoms with Gasteiger partial charge in [0.25, 0.3) is 5.91 Å². The molecule has 0 aliphatic heterocycles. The summed E-state index contributed by atoms with van der Waals surface area (Å²) in [5, 5.41) is 21.9. The topological polar surface area (TPSA) is 73.1 Å². The molecule has 23 heavy (non-hydrogen) atoms. The van der Waals surface area contributed by atoms with Crippen LogP contribution in [0.4, 0.5) is 5.69 Å². The number of rotatable bonds is 3. The Bertz CT molecular complexity index is 839. The van der Waals surface area contributed by atoms with Crippen molar-refractivity contribution in [3.63, 3.8) is 0 Å². The summed E-state index contributed by atoms with van der Waals surface area (Å²) < 4.78 is 0. The first kappa shape index (κ1) is 16.9. The summed E-state index contributed by atoms with van der Waals surface area (Å²) in [6.07, 6.45) is 1.39. The van der Waals surface area contributed by atoms with Crippen LogP contribution in [0.15, 0.2) is 42.0 Å². The van der Waals surface area contributed by atoms with Crippen LogP contribution in [-0.2, 0) is 4.79 Å². The molecule has 0 saturated heterocycles. The van der Waals surface area contributed by atoms with Crippen LogP contribution in [0.1, 0.15) is 11.1 Å². The fourth-order valence-corrected chi connectivity index (χ4v) is 2.22. The second-order valence-corrected chi connectivity index (χ2v) is 5.56. The highest BCUT2D eigenvalue weighted by Crippen LogP contribution is 2.26. The first-order valence-electron chi connectivity index (χ1n) is 6.59. The van der Waals surface area contributed by atoms with Gasteiger partial charge in [0.05, 0.1) is 5.02 Å². The molecule has 2 rings (SSSR count). The summed E-state index contributed by atoms with van der Waals surface area (Å²) in [5.41, 5.74) is 1.69. The maximum Gasteiger partial charge on any atom is 0.266 e. The minimum atomic E-state index is -0.554. The molecule has 0 unspecified atom stereocenters. The Labute approximate surface area is 143 Å². The second kappa shape index (κ2) is 7.19. The van der Waals surface area contributed by atoms with Crippen molar-refractivity contribution in [2.24, 2.45) is 0 Å². The number of phenols is 1. The Kier molecular flexibility index (Phi) is 5.28. The highest BCUT2D eigenvalue weighted by molar-refractivity contribution is 6.32. The van der Waals surface area contributed by atoms with Crippen LogP contribution in [0.3, 0.4) is 0 Å². The van der Waals surface area contributed by atoms with Crippen LogP contribution in [0.5, 0.6) is 5.75 Å². The minimum Gasteiger partial charge on any atom is -0.506 e. The fraction of sp³-hybridized carbons (Fsp3) is 0.0588. The minimum absolute atomic E-state index is 0.0682. The largest absolute Gasteiger partial charge is 0.506 e. The molecule has 2 aromatic carbocycles. The van der Waals surface area contributed by atoms with Gasteiger partial charge in [-0.3, -0.25) is 4.79 Å². The van der Waals surface area contributed by atoms with Gasteiger partial charge in [0.15, 0.2) is 0 Å². The lowest BCUT2D eigenvalue weighted by atomic mass is 10.1. The van der Waals surface area contributed by atoms with E-state index in [0.717, 1.165) is 0 Å². The van der Waals surface area contributed by atoms with Crippen molar-refractivity contribution < 1.29 is 9.90 Å². The zero-order valence-electron chi connectivity index (χ0n) is 12.1. The summed E-state index contributed by atoms with van der Waals surface area (Å²) in [6, 6.07) is 11.4. The van der Waals surface area contributed by atoms with Gasteiger partial charge in [0.2, 0.25) is 0 Å². The molecule has 4 nitrogen and oxygen atoms in total. The van der Waals surface area contributed by atoms with Gasteiger partial charge >= 0.3 is 0 Å². The number of hydrogen-bond acceptors (Lipinski definition) is 3. The maximum absolute atomic E-state index is 12.2. The molecule has 0 heterocycles. The van der Waals surface area contributed by atoms with E-state index in [0.29, 0.717) is 21.8 Å². The average molecular weight is 347 g/mol. The van der Waals surface area contributed by atoms with Gasteiger partial charge in [0, 0.05) is 10.7 Å². The van der Waals surface area contributed by atoms with Crippen molar-refractivity contribution in [3.8, 4) is 11.8 Å². The number of amides is 1. The lowest BCUT2D eigenvalue weighted by Crippen LogP contribution is -2.14. The van der Waals surface area contributed by atoms with E-state index < -0.39 is 5.91 Å². The molecule has 2 N–H and O–H groups in total. The van der Waals surface area contributed by atoms with Gasteiger partial charge in [-0.05, 0) is 48.4 Å². The van der Waals surface area contributed by atoms with Gasteiger partial charge in [-0.2, -0.15) is 5.26 Å². The molecule has 0 saturated carbocycles. The summed E-state index contributed by atoms with van der Waals surface area (Å²) in [7, 11) is 0. The van der Waals surface area contributed by atoms with Crippen molar-refractivity contribution >= 4 is 40.9 Å². The molecule has 0 aliphatic carbocycles. The molecular weight excluding hydrogens is 335 g/mol. The molecule has 0 spiro atoms. The molecule has 2 aromatic rings. The summed E-state index contributed by atoms with van der Waals surface area (Å²) in [4.78, 5) is 12.2. The van der Waals surface area contributed by atoms with Crippen molar-refractivity contribution in [1.29, 1.82) is 5.26 Å². The smallest absolute Gasteiger partial charge is 0.266 e. The normalized spacial score (nSPS) is 11.0. The predicted molar refractivity (Wildman–Crippen MR) is 91.5 cm³/mol. The quantitative estimate of drug-likeness (QED) is 0.632. The highest BCUT2D eigenvalue weighted by atomic mass is 35.5. The number of nitrogens with zero attached hydrogens (tertiary/aromatic N) is 1. The molecular formula is C17H12Cl2N2O2. The third kappa shape index (κ3) is 4.04. The number of anilines is 1. The standard InChI is InChI=1S/C17H12Cl2N2O2/c1-10-13(18)3-2-4-15(10)21-17(23)12(9-20)7-11-5-6-16(22)14(19)8-11/h2-8,22H,1H3,(H,21,23)/b12-7-. The Morgan fingerprint density at radius 1 is 1.26 bits per heavy atom. The molecule has 0 bridgehead atoms. The van der Waals surface area contributed by atoms with Crippen LogP contribution < -0.4 is 5.32 Å². The summed E-state index contributed by atoms with van der Waals surface area (Å²) in [6.45, 7) is 1.77. The SMILES string of the molecule is Cc1c(Cl)cccc1NC(=O)/C(C#N)=C\c1ccc(O)c(Cl)c1. The Morgan fingerprint density at radius 3 is 2.65 bits per heavy atom. The van der Waals surface area contributed by atoms with E-state index >= 15 is 0 Å². The van der Waals surface area contributed by atoms with Crippen LogP contribution in [-0.4, -0.2) is 11.0 Å². The number of aromatic hydroxyl groups is 1. The van der Waals surface area contributed by atoms with E-state index in [-0.39, 0.29) is 16.3 Å².